The fourth-order valence-corrected chi connectivity index (χ4v) is 3.82. The number of ether oxygens (including phenoxy) is 2. The molecule has 14 heteroatoms. The average Bonchev–Trinajstić information content (AvgIpc) is 3.14. The maximum Gasteiger partial charge on any atom is 0.573 e. The van der Waals surface area contributed by atoms with Crippen LogP contribution >= 0.6 is 11.6 Å². The van der Waals surface area contributed by atoms with Gasteiger partial charge >= 0.3 is 6.36 Å². The van der Waals surface area contributed by atoms with Crippen molar-refractivity contribution >= 4 is 23.9 Å². The van der Waals surface area contributed by atoms with Gasteiger partial charge in [-0.2, -0.15) is 0 Å². The smallest absolute Gasteiger partial charge is 0.511 e. The minimum atomic E-state index is -4.90. The Hall–Kier alpha value is -4.10. The summed E-state index contributed by atoms with van der Waals surface area (Å²) in [7, 11) is 1.44. The first kappa shape index (κ1) is 29.5. The highest BCUT2D eigenvalue weighted by molar-refractivity contribution is 6.30. The number of amides is 2. The van der Waals surface area contributed by atoms with Gasteiger partial charge in [0, 0.05) is 30.7 Å². The Kier molecular flexibility index (Phi) is 9.54. The van der Waals surface area contributed by atoms with Gasteiger partial charge in [-0.05, 0) is 42.8 Å². The average molecular weight is 570 g/mol. The second kappa shape index (κ2) is 12.6. The molecule has 2 atom stereocenters. The van der Waals surface area contributed by atoms with Crippen LogP contribution in [0.25, 0.3) is 0 Å². The SMILES string of the molecule is CC(N)/C=C(\O)CN(C)C(=O)C1=C(NC=O)NC(Oc2cccc(OC(F)(F)F)c2)N1Cc1ccc(Cl)cc1. The number of carbonyl (C=O) groups excluding carboxylic acids is 2. The number of likely N-dealkylation sites (N-methyl/N-ethyl adjacent to an activating group) is 1. The summed E-state index contributed by atoms with van der Waals surface area (Å²) in [6.07, 6.45) is -4.32. The third-order valence-electron chi connectivity index (χ3n) is 5.23. The van der Waals surface area contributed by atoms with E-state index in [0.29, 0.717) is 17.0 Å². The number of aliphatic hydroxyl groups is 1. The molecule has 1 aliphatic rings. The van der Waals surface area contributed by atoms with Crippen molar-refractivity contribution in [2.45, 2.75) is 32.2 Å². The van der Waals surface area contributed by atoms with E-state index in [2.05, 4.69) is 15.4 Å². The number of nitrogens with zero attached hydrogens (tertiary/aromatic N) is 2. The molecule has 0 bridgehead atoms. The van der Waals surface area contributed by atoms with E-state index in [-0.39, 0.29) is 36.1 Å². The van der Waals surface area contributed by atoms with Crippen LogP contribution in [-0.4, -0.2) is 59.6 Å². The molecule has 0 aromatic heterocycles. The molecule has 1 aliphatic heterocycles. The van der Waals surface area contributed by atoms with Gasteiger partial charge in [-0.25, -0.2) is 0 Å². The van der Waals surface area contributed by atoms with Crippen molar-refractivity contribution in [2.24, 2.45) is 5.73 Å². The number of hydrogen-bond donors (Lipinski definition) is 4. The number of carbonyl (C=O) groups is 2. The van der Waals surface area contributed by atoms with Crippen molar-refractivity contribution in [1.29, 1.82) is 0 Å². The Morgan fingerprint density at radius 1 is 1.28 bits per heavy atom. The van der Waals surface area contributed by atoms with E-state index in [9.17, 15) is 27.9 Å². The van der Waals surface area contributed by atoms with E-state index in [1.165, 1.54) is 35.1 Å². The number of nitrogens with one attached hydrogen (secondary N) is 2. The summed E-state index contributed by atoms with van der Waals surface area (Å²) in [4.78, 5) is 27.6. The van der Waals surface area contributed by atoms with Crippen LogP contribution in [0.4, 0.5) is 13.2 Å². The lowest BCUT2D eigenvalue weighted by molar-refractivity contribution is -0.274. The Labute approximate surface area is 227 Å². The van der Waals surface area contributed by atoms with Crippen LogP contribution in [0.15, 0.2) is 71.9 Å². The van der Waals surface area contributed by atoms with Gasteiger partial charge in [-0.15, -0.1) is 13.2 Å². The second-order valence-corrected chi connectivity index (χ2v) is 8.99. The van der Waals surface area contributed by atoms with Crippen molar-refractivity contribution < 1.29 is 37.3 Å². The number of aliphatic hydroxyl groups excluding tert-OH is 1. The van der Waals surface area contributed by atoms with Crippen LogP contribution in [0.1, 0.15) is 12.5 Å². The molecule has 2 unspecified atom stereocenters. The quantitative estimate of drug-likeness (QED) is 0.240. The summed E-state index contributed by atoms with van der Waals surface area (Å²) in [6, 6.07) is 11.1. The molecule has 210 valence electrons. The number of rotatable bonds is 11. The lowest BCUT2D eigenvalue weighted by Crippen LogP contribution is -2.44. The third kappa shape index (κ3) is 8.45. The van der Waals surface area contributed by atoms with Crippen LogP contribution in [0, 0.1) is 0 Å². The molecular weight excluding hydrogens is 543 g/mol. The van der Waals surface area contributed by atoms with E-state index in [1.807, 2.05) is 0 Å². The van der Waals surface area contributed by atoms with E-state index in [0.717, 1.165) is 12.1 Å². The summed E-state index contributed by atoms with van der Waals surface area (Å²) in [5, 5.41) is 16.0. The zero-order chi connectivity index (χ0) is 28.7. The van der Waals surface area contributed by atoms with Crippen molar-refractivity contribution in [1.82, 2.24) is 20.4 Å². The number of hydrogen-bond acceptors (Lipinski definition) is 8. The number of alkyl halides is 3. The Morgan fingerprint density at radius 2 is 1.95 bits per heavy atom. The molecule has 2 amide bonds. The summed E-state index contributed by atoms with van der Waals surface area (Å²) in [6.45, 7) is 1.53. The van der Waals surface area contributed by atoms with Gasteiger partial charge in [-0.3, -0.25) is 9.59 Å². The highest BCUT2D eigenvalue weighted by Gasteiger charge is 2.39. The van der Waals surface area contributed by atoms with E-state index in [4.69, 9.17) is 22.1 Å². The number of halogens is 4. The van der Waals surface area contributed by atoms with Gasteiger partial charge in [0.15, 0.2) is 0 Å². The van der Waals surface area contributed by atoms with E-state index < -0.39 is 30.4 Å². The molecule has 1 heterocycles. The van der Waals surface area contributed by atoms with Gasteiger partial charge in [0.1, 0.15) is 28.8 Å². The Morgan fingerprint density at radius 3 is 2.56 bits per heavy atom. The van der Waals surface area contributed by atoms with Gasteiger partial charge in [-0.1, -0.05) is 29.8 Å². The first-order valence-corrected chi connectivity index (χ1v) is 11.9. The van der Waals surface area contributed by atoms with E-state index >= 15 is 0 Å². The van der Waals surface area contributed by atoms with Crippen molar-refractivity contribution in [2.75, 3.05) is 13.6 Å². The predicted molar refractivity (Wildman–Crippen MR) is 136 cm³/mol. The molecule has 39 heavy (non-hydrogen) atoms. The molecule has 2 aromatic carbocycles. The fraction of sp³-hybridized carbons (Fsp3) is 0.280. The summed E-state index contributed by atoms with van der Waals surface area (Å²) in [5.41, 5.74) is 6.34. The summed E-state index contributed by atoms with van der Waals surface area (Å²) in [5.74, 6) is -1.28. The molecule has 0 spiro atoms. The second-order valence-electron chi connectivity index (χ2n) is 8.56. The first-order valence-electron chi connectivity index (χ1n) is 11.5. The lowest BCUT2D eigenvalue weighted by atomic mass is 10.2. The standard InChI is InChI=1S/C25H27ClF3N5O5/c1-15(30)10-18(36)13-33(2)23(37)21-22(31-14-35)32-24(34(21)12-16-6-8-17(26)9-7-16)38-19-4-3-5-20(11-19)39-25(27,28)29/h3-11,14-15,24,32,36H,12-13,30H2,1-2H3,(H,31,35)/b18-10-. The summed E-state index contributed by atoms with van der Waals surface area (Å²) >= 11 is 5.99. The molecular formula is C25H27ClF3N5O5. The van der Waals surface area contributed by atoms with Gasteiger partial charge in [0.25, 0.3) is 12.3 Å². The normalized spacial score (nSPS) is 16.4. The Balaban J connectivity index is 1.96. The minimum Gasteiger partial charge on any atom is -0.511 e. The number of nitrogens with two attached hydrogens (primary N) is 1. The highest BCUT2D eigenvalue weighted by atomic mass is 35.5. The Bertz CT molecular complexity index is 1240. The predicted octanol–water partition coefficient (Wildman–Crippen LogP) is 3.17. The van der Waals surface area contributed by atoms with Gasteiger partial charge in [0.05, 0.1) is 6.54 Å². The minimum absolute atomic E-state index is 0.0135. The molecule has 0 saturated heterocycles. The van der Waals surface area contributed by atoms with Crippen LogP contribution in [0.5, 0.6) is 11.5 Å². The van der Waals surface area contributed by atoms with Crippen LogP contribution in [-0.2, 0) is 16.1 Å². The zero-order valence-electron chi connectivity index (χ0n) is 20.9. The number of benzene rings is 2. The van der Waals surface area contributed by atoms with E-state index in [1.54, 1.807) is 31.2 Å². The first-order chi connectivity index (χ1) is 18.4. The zero-order valence-corrected chi connectivity index (χ0v) is 21.7. The van der Waals surface area contributed by atoms with Crippen LogP contribution in [0.3, 0.4) is 0 Å². The van der Waals surface area contributed by atoms with Gasteiger partial charge < -0.3 is 40.7 Å². The maximum absolute atomic E-state index is 13.6. The lowest BCUT2D eigenvalue weighted by Gasteiger charge is -2.30. The molecule has 10 nitrogen and oxygen atoms in total. The van der Waals surface area contributed by atoms with Crippen molar-refractivity contribution in [3.63, 3.8) is 0 Å². The molecule has 0 aliphatic carbocycles. The van der Waals surface area contributed by atoms with Crippen LogP contribution < -0.4 is 25.8 Å². The van der Waals surface area contributed by atoms with Crippen molar-refractivity contribution in [3.05, 3.63) is 82.5 Å². The molecule has 3 rings (SSSR count). The van der Waals surface area contributed by atoms with Crippen LogP contribution in [0.2, 0.25) is 5.02 Å². The third-order valence-corrected chi connectivity index (χ3v) is 5.49. The molecule has 0 saturated carbocycles. The van der Waals surface area contributed by atoms with Crippen molar-refractivity contribution in [3.8, 4) is 11.5 Å². The van der Waals surface area contributed by atoms with Gasteiger partial charge in [0.2, 0.25) is 6.41 Å². The summed E-state index contributed by atoms with van der Waals surface area (Å²) < 4.78 is 48.0. The molecule has 2 aromatic rings. The maximum atomic E-state index is 13.6. The molecule has 5 N–H and O–H groups in total. The molecule has 0 radical (unpaired) electrons. The largest absolute Gasteiger partial charge is 0.573 e. The monoisotopic (exact) mass is 569 g/mol. The fourth-order valence-electron chi connectivity index (χ4n) is 3.70. The topological polar surface area (TPSA) is 129 Å². The highest BCUT2D eigenvalue weighted by Crippen LogP contribution is 2.30. The molecule has 0 fully saturated rings.